The van der Waals surface area contributed by atoms with E-state index >= 15 is 0 Å². The fraction of sp³-hybridized carbons (Fsp3) is 0.588. The van der Waals surface area contributed by atoms with Gasteiger partial charge in [0.15, 0.2) is 0 Å². The number of fused-ring (bicyclic) bond motifs is 1. The molecule has 1 N–H and O–H groups in total. The summed E-state index contributed by atoms with van der Waals surface area (Å²) in [5, 5.41) is 17.6. The first-order valence-corrected chi connectivity index (χ1v) is 9.52. The van der Waals surface area contributed by atoms with Gasteiger partial charge in [0, 0.05) is 18.5 Å². The van der Waals surface area contributed by atoms with Gasteiger partial charge in [0.1, 0.15) is 16.8 Å². The van der Waals surface area contributed by atoms with Gasteiger partial charge >= 0.3 is 0 Å². The van der Waals surface area contributed by atoms with Crippen molar-refractivity contribution in [3.8, 4) is 0 Å². The van der Waals surface area contributed by atoms with Crippen LogP contribution in [0, 0.1) is 5.92 Å². The lowest BCUT2D eigenvalue weighted by Gasteiger charge is -2.27. The number of hydrogen-bond donors (Lipinski definition) is 1. The van der Waals surface area contributed by atoms with Crippen LogP contribution in [0.4, 0.5) is 0 Å². The summed E-state index contributed by atoms with van der Waals surface area (Å²) >= 11 is 1.52. The number of amides is 1. The van der Waals surface area contributed by atoms with Gasteiger partial charge in [-0.2, -0.15) is 5.10 Å². The lowest BCUT2D eigenvalue weighted by atomic mass is 10.1. The van der Waals surface area contributed by atoms with Crippen LogP contribution < -0.4 is 0 Å². The normalized spacial score (nSPS) is 18.5. The summed E-state index contributed by atoms with van der Waals surface area (Å²) in [6, 6.07) is 1.95. The van der Waals surface area contributed by atoms with Gasteiger partial charge in [-0.25, -0.2) is 4.98 Å². The summed E-state index contributed by atoms with van der Waals surface area (Å²) in [5.41, 5.74) is 2.25. The Bertz CT molecular complexity index is 780. The molecule has 4 rings (SSSR count). The highest BCUT2D eigenvalue weighted by molar-refractivity contribution is 7.09. The van der Waals surface area contributed by atoms with E-state index in [1.54, 1.807) is 0 Å². The maximum atomic E-state index is 12.7. The largest absolute Gasteiger partial charge is 0.386 e. The predicted octanol–water partition coefficient (Wildman–Crippen LogP) is 1.50. The molecular formula is C17H23N5O2S. The first-order valence-electron chi connectivity index (χ1n) is 8.64. The zero-order valence-electron chi connectivity index (χ0n) is 14.6. The topological polar surface area (TPSA) is 74.5 Å². The molecule has 2 aromatic heterocycles. The van der Waals surface area contributed by atoms with E-state index in [2.05, 4.69) is 10.1 Å². The average Bonchev–Trinajstić information content (AvgIpc) is 3.18. The molecule has 1 amide bonds. The summed E-state index contributed by atoms with van der Waals surface area (Å²) in [5.74, 6) is 0.331. The molecular weight excluding hydrogens is 338 g/mol. The van der Waals surface area contributed by atoms with Crippen LogP contribution in [0.5, 0.6) is 0 Å². The van der Waals surface area contributed by atoms with E-state index in [9.17, 15) is 9.90 Å². The first kappa shape index (κ1) is 16.7. The van der Waals surface area contributed by atoms with Crippen molar-refractivity contribution in [2.45, 2.75) is 38.6 Å². The molecule has 1 saturated carbocycles. The molecule has 8 heteroatoms. The van der Waals surface area contributed by atoms with Crippen LogP contribution in [0.3, 0.4) is 0 Å². The van der Waals surface area contributed by atoms with Crippen molar-refractivity contribution < 1.29 is 9.90 Å². The molecule has 25 heavy (non-hydrogen) atoms. The fourth-order valence-corrected chi connectivity index (χ4v) is 4.06. The van der Waals surface area contributed by atoms with Crippen LogP contribution in [-0.2, 0) is 19.6 Å². The third-order valence-corrected chi connectivity index (χ3v) is 5.53. The van der Waals surface area contributed by atoms with Gasteiger partial charge in [0.25, 0.3) is 5.91 Å². The molecule has 1 aliphatic carbocycles. The van der Waals surface area contributed by atoms with E-state index in [-0.39, 0.29) is 5.91 Å². The Labute approximate surface area is 150 Å². The molecule has 0 bridgehead atoms. The van der Waals surface area contributed by atoms with Crippen molar-refractivity contribution >= 4 is 17.2 Å². The van der Waals surface area contributed by atoms with E-state index in [4.69, 9.17) is 0 Å². The van der Waals surface area contributed by atoms with E-state index in [1.165, 1.54) is 11.3 Å². The molecule has 1 aliphatic heterocycles. The van der Waals surface area contributed by atoms with E-state index in [0.717, 1.165) is 35.8 Å². The molecule has 134 valence electrons. The van der Waals surface area contributed by atoms with Gasteiger partial charge in [-0.05, 0) is 38.9 Å². The van der Waals surface area contributed by atoms with Crippen LogP contribution >= 0.6 is 11.3 Å². The van der Waals surface area contributed by atoms with Crippen molar-refractivity contribution in [3.63, 3.8) is 0 Å². The monoisotopic (exact) mass is 361 g/mol. The summed E-state index contributed by atoms with van der Waals surface area (Å²) < 4.78 is 1.92. The van der Waals surface area contributed by atoms with Crippen LogP contribution in [0.15, 0.2) is 11.4 Å². The zero-order valence-corrected chi connectivity index (χ0v) is 15.4. The number of hydrogen-bond acceptors (Lipinski definition) is 6. The standard InChI is InChI=1S/C17H23N5O2S/c1-20(2)9-15-18-14(10-25-15)17(24)21-5-6-22-12(8-21)7-13(19-22)16(23)11-3-4-11/h7,10-11,16,23H,3-6,8-9H2,1-2H3/t16-/m0/s1. The highest BCUT2D eigenvalue weighted by Gasteiger charge is 2.34. The van der Waals surface area contributed by atoms with E-state index in [1.807, 2.05) is 40.0 Å². The SMILES string of the molecule is CN(C)Cc1nc(C(=O)N2CCn3nc([C@@H](O)C4CC4)cc3C2)cs1. The average molecular weight is 361 g/mol. The number of aromatic nitrogens is 3. The Balaban J connectivity index is 1.46. The van der Waals surface area contributed by atoms with E-state index in [0.29, 0.717) is 31.2 Å². The minimum absolute atomic E-state index is 0.0296. The summed E-state index contributed by atoms with van der Waals surface area (Å²) in [6.45, 7) is 2.54. The van der Waals surface area contributed by atoms with Crippen molar-refractivity contribution in [3.05, 3.63) is 33.5 Å². The van der Waals surface area contributed by atoms with E-state index < -0.39 is 6.10 Å². The number of nitrogens with zero attached hydrogens (tertiary/aromatic N) is 5. The Kier molecular flexibility index (Phi) is 4.35. The number of rotatable bonds is 5. The maximum Gasteiger partial charge on any atom is 0.273 e. The molecule has 0 saturated heterocycles. The molecule has 1 atom stereocenters. The lowest BCUT2D eigenvalue weighted by Crippen LogP contribution is -2.38. The van der Waals surface area contributed by atoms with Gasteiger partial charge in [-0.3, -0.25) is 9.48 Å². The van der Waals surface area contributed by atoms with Crippen molar-refractivity contribution in [2.24, 2.45) is 5.92 Å². The van der Waals surface area contributed by atoms with Gasteiger partial charge in [-0.1, -0.05) is 0 Å². The molecule has 2 aliphatic rings. The smallest absolute Gasteiger partial charge is 0.273 e. The second-order valence-corrected chi connectivity index (χ2v) is 8.10. The van der Waals surface area contributed by atoms with Crippen LogP contribution in [0.25, 0.3) is 0 Å². The molecule has 1 fully saturated rings. The molecule has 2 aromatic rings. The predicted molar refractivity (Wildman–Crippen MR) is 94.2 cm³/mol. The third-order valence-electron chi connectivity index (χ3n) is 4.70. The highest BCUT2D eigenvalue weighted by atomic mass is 32.1. The lowest BCUT2D eigenvalue weighted by molar-refractivity contribution is 0.0700. The number of carbonyl (C=O) groups excluding carboxylic acids is 1. The number of carbonyl (C=O) groups is 1. The molecule has 3 heterocycles. The Morgan fingerprint density at radius 3 is 2.96 bits per heavy atom. The number of thiazole rings is 1. The molecule has 0 radical (unpaired) electrons. The van der Waals surface area contributed by atoms with Crippen LogP contribution in [0.2, 0.25) is 0 Å². The van der Waals surface area contributed by atoms with Crippen LogP contribution in [0.1, 0.15) is 45.8 Å². The van der Waals surface area contributed by atoms with Gasteiger partial charge in [0.2, 0.25) is 0 Å². The fourth-order valence-electron chi connectivity index (χ4n) is 3.17. The summed E-state index contributed by atoms with van der Waals surface area (Å²) in [6.07, 6.45) is 1.69. The summed E-state index contributed by atoms with van der Waals surface area (Å²) in [4.78, 5) is 21.1. The Hall–Kier alpha value is -1.77. The second kappa shape index (κ2) is 6.51. The van der Waals surface area contributed by atoms with Gasteiger partial charge < -0.3 is 14.9 Å². The quantitative estimate of drug-likeness (QED) is 0.874. The van der Waals surface area contributed by atoms with Gasteiger partial charge in [-0.15, -0.1) is 11.3 Å². The minimum atomic E-state index is -0.464. The molecule has 7 nitrogen and oxygen atoms in total. The number of aliphatic hydroxyl groups is 1. The highest BCUT2D eigenvalue weighted by Crippen LogP contribution is 2.40. The van der Waals surface area contributed by atoms with Crippen molar-refractivity contribution in [1.82, 2.24) is 24.6 Å². The third kappa shape index (κ3) is 3.47. The first-order chi connectivity index (χ1) is 12.0. The minimum Gasteiger partial charge on any atom is -0.386 e. The molecule has 0 aromatic carbocycles. The van der Waals surface area contributed by atoms with Gasteiger partial charge in [0.05, 0.1) is 24.5 Å². The molecule has 0 unspecified atom stereocenters. The number of aliphatic hydroxyl groups excluding tert-OH is 1. The Morgan fingerprint density at radius 1 is 1.44 bits per heavy atom. The maximum absolute atomic E-state index is 12.7. The van der Waals surface area contributed by atoms with Crippen LogP contribution in [-0.4, -0.2) is 56.2 Å². The molecule has 0 spiro atoms. The van der Waals surface area contributed by atoms with Crippen molar-refractivity contribution in [1.29, 1.82) is 0 Å². The van der Waals surface area contributed by atoms with Crippen molar-refractivity contribution in [2.75, 3.05) is 20.6 Å². The zero-order chi connectivity index (χ0) is 17.6. The Morgan fingerprint density at radius 2 is 2.24 bits per heavy atom. The summed E-state index contributed by atoms with van der Waals surface area (Å²) in [7, 11) is 3.98. The second-order valence-electron chi connectivity index (χ2n) is 7.16.